The number of hydrogen-bond acceptors (Lipinski definition) is 4. The molecule has 0 aliphatic rings. The molecule has 2 N–H and O–H groups in total. The Balaban J connectivity index is 0.000000423. The number of anilines is 1. The summed E-state index contributed by atoms with van der Waals surface area (Å²) in [5, 5.41) is 10.2. The van der Waals surface area contributed by atoms with Crippen LogP contribution in [0, 0.1) is 10.1 Å². The second kappa shape index (κ2) is 8.16. The normalized spacial score (nSPS) is 9.40. The molecular weight excluding hydrogens is 607 g/mol. The Labute approximate surface area is 136 Å². The van der Waals surface area contributed by atoms with Crippen molar-refractivity contribution in [2.75, 3.05) is 5.73 Å². The lowest BCUT2D eigenvalue weighted by Crippen LogP contribution is -1.96. The van der Waals surface area contributed by atoms with Crippen molar-refractivity contribution in [2.45, 2.75) is -0.0619 Å². The lowest BCUT2D eigenvalue weighted by molar-refractivity contribution is -0.384. The van der Waals surface area contributed by atoms with Crippen LogP contribution in [0.5, 0.6) is 0 Å². The summed E-state index contributed by atoms with van der Waals surface area (Å²) in [4.78, 5) is 13.3. The molecule has 0 saturated heterocycles. The summed E-state index contributed by atoms with van der Waals surface area (Å²) in [6.45, 7) is 0. The second-order valence-corrected chi connectivity index (χ2v) is 13.8. The highest BCUT2D eigenvalue weighted by Gasteiger charge is 2.12. The van der Waals surface area contributed by atoms with Crippen LogP contribution in [0.3, 0.4) is 0 Å². The molecule has 1 aromatic heterocycles. The van der Waals surface area contributed by atoms with Crippen LogP contribution in [0.25, 0.3) is 0 Å². The van der Waals surface area contributed by atoms with Gasteiger partial charge in [0.25, 0.3) is 0 Å². The first kappa shape index (κ1) is 16.0. The molecule has 0 unspecified atom stereocenters. The molecule has 0 aromatic carbocycles. The number of pyridine rings is 1. The van der Waals surface area contributed by atoms with E-state index in [0.717, 1.165) is 6.13 Å². The largest absolute Gasteiger partial charge is 0.392 e. The molecule has 1 aromatic rings. The minimum Gasteiger partial charge on any atom is -0.392 e. The number of nitro groups is 1. The molecule has 5 nitrogen and oxygen atoms in total. The minimum atomic E-state index is -0.576. The predicted octanol–water partition coefficient (Wildman–Crippen LogP) is 3.91. The lowest BCUT2D eigenvalue weighted by Gasteiger charge is -1.96. The first-order valence-corrected chi connectivity index (χ1v) is 7.84. The third-order valence-electron chi connectivity index (χ3n) is 1.11. The Morgan fingerprint density at radius 1 is 1.47 bits per heavy atom. The quantitative estimate of drug-likeness (QED) is 0.226. The smallest absolute Gasteiger partial charge is 0.311 e. The number of nitrogens with zero attached hydrogens (tertiary/aromatic N) is 2. The van der Waals surface area contributed by atoms with E-state index >= 15 is 0 Å². The molecule has 0 aliphatic heterocycles. The van der Waals surface area contributed by atoms with Gasteiger partial charge in [-0.1, -0.05) is 67.8 Å². The topological polar surface area (TPSA) is 82.0 Å². The molecule has 0 fully saturated rings. The lowest BCUT2D eigenvalue weighted by atomic mass is 10.4. The van der Waals surface area contributed by atoms with E-state index in [-0.39, 0.29) is 11.4 Å². The molecule has 1 rings (SSSR count). The average Bonchev–Trinajstić information content (AvgIpc) is 2.08. The predicted molar refractivity (Wildman–Crippen MR) is 88.9 cm³/mol. The maximum Gasteiger partial charge on any atom is 0.311 e. The number of hydrogen-bond donors (Lipinski definition) is 1. The molecule has 9 heteroatoms. The summed E-state index contributed by atoms with van der Waals surface area (Å²) < 4.78 is 1.18. The monoisotopic (exact) mass is 611 g/mol. The molecule has 0 atom stereocenters. The van der Waals surface area contributed by atoms with Crippen molar-refractivity contribution in [3.05, 3.63) is 27.0 Å². The van der Waals surface area contributed by atoms with Crippen LogP contribution in [-0.2, 0) is 0 Å². The van der Waals surface area contributed by atoms with Crippen molar-refractivity contribution in [3.8, 4) is 0 Å². The van der Waals surface area contributed by atoms with Gasteiger partial charge in [-0.3, -0.25) is 15.1 Å². The molecule has 84 valence electrons. The second-order valence-electron chi connectivity index (χ2n) is 2.06. The van der Waals surface area contributed by atoms with Gasteiger partial charge >= 0.3 is 5.69 Å². The van der Waals surface area contributed by atoms with Crippen molar-refractivity contribution >= 4 is 95.1 Å². The fourth-order valence-corrected chi connectivity index (χ4v) is 0.902. The van der Waals surface area contributed by atoms with Crippen LogP contribution in [0.1, 0.15) is 0 Å². The van der Waals surface area contributed by atoms with Gasteiger partial charge in [-0.05, 0) is 15.9 Å². The average molecular weight is 612 g/mol. The number of alkyl halides is 3. The summed E-state index contributed by atoms with van der Waals surface area (Å²) in [7, 11) is 0. The van der Waals surface area contributed by atoms with Gasteiger partial charge in [-0.25, -0.2) is 0 Å². The summed E-state index contributed by atoms with van der Waals surface area (Å²) in [6, 6.07) is 0. The molecule has 15 heavy (non-hydrogen) atoms. The van der Waals surface area contributed by atoms with Gasteiger partial charge in [0.05, 0.1) is 9.40 Å². The zero-order valence-electron chi connectivity index (χ0n) is 7.03. The summed E-state index contributed by atoms with van der Waals surface area (Å²) in [6.07, 6.45) is 2.52. The summed E-state index contributed by atoms with van der Waals surface area (Å²) in [5.74, 6) is 0. The molecule has 0 spiro atoms. The van der Waals surface area contributed by atoms with Crippen molar-refractivity contribution < 1.29 is 4.92 Å². The van der Waals surface area contributed by atoms with E-state index in [1.54, 1.807) is 0 Å². The number of halogens is 4. The van der Waals surface area contributed by atoms with Crippen LogP contribution in [0.2, 0.25) is 0 Å². The minimum absolute atomic E-state index is 0.102. The van der Waals surface area contributed by atoms with Crippen molar-refractivity contribution in [3.63, 3.8) is 0 Å². The van der Waals surface area contributed by atoms with Crippen molar-refractivity contribution in [1.29, 1.82) is 0 Å². The van der Waals surface area contributed by atoms with Crippen LogP contribution < -0.4 is 5.73 Å². The van der Waals surface area contributed by atoms with E-state index in [0.29, 0.717) is 4.47 Å². The van der Waals surface area contributed by atoms with E-state index < -0.39 is 4.92 Å². The molecule has 0 saturated carbocycles. The van der Waals surface area contributed by atoms with E-state index in [2.05, 4.69) is 88.7 Å². The third kappa shape index (κ3) is 7.04. The van der Waals surface area contributed by atoms with Gasteiger partial charge in [-0.15, -0.1) is 0 Å². The standard InChI is InChI=1S/C5H4BrN3O2.CHI3/c6-3-1-8-2-4(5(3)7)9(10)11;2-1(3)4/h1-2H,(H2,7,8);1H. The van der Waals surface area contributed by atoms with Gasteiger partial charge in [0.2, 0.25) is 0 Å². The Morgan fingerprint density at radius 2 is 1.93 bits per heavy atom. The Kier molecular flexibility index (Phi) is 8.72. The van der Waals surface area contributed by atoms with Crippen LogP contribution in [0.15, 0.2) is 16.9 Å². The van der Waals surface area contributed by atoms with Gasteiger partial charge in [0.1, 0.15) is 11.8 Å². The van der Waals surface area contributed by atoms with Crippen molar-refractivity contribution in [2.24, 2.45) is 0 Å². The molecule has 0 aliphatic carbocycles. The zero-order valence-corrected chi connectivity index (χ0v) is 15.1. The molecule has 0 bridgehead atoms. The summed E-state index contributed by atoms with van der Waals surface area (Å²) >= 11 is 9.97. The number of rotatable bonds is 1. The van der Waals surface area contributed by atoms with Crippen LogP contribution in [0.4, 0.5) is 11.4 Å². The first-order valence-electron chi connectivity index (χ1n) is 3.31. The van der Waals surface area contributed by atoms with E-state index in [1.165, 1.54) is 6.20 Å². The molecular formula is C6H5BrI3N3O2. The molecule has 0 radical (unpaired) electrons. The Hall–Kier alpha value is 1.02. The highest BCUT2D eigenvalue weighted by atomic mass is 127. The van der Waals surface area contributed by atoms with E-state index in [1.807, 2.05) is 0 Å². The number of nitrogens with two attached hydrogens (primary N) is 1. The van der Waals surface area contributed by atoms with Crippen LogP contribution >= 0.6 is 83.7 Å². The molecule has 0 amide bonds. The summed E-state index contributed by atoms with van der Waals surface area (Å²) in [5.41, 5.74) is 5.28. The Bertz CT molecular complexity index is 348. The Morgan fingerprint density at radius 3 is 2.27 bits per heavy atom. The first-order chi connectivity index (χ1) is 6.86. The van der Waals surface area contributed by atoms with E-state index in [9.17, 15) is 10.1 Å². The van der Waals surface area contributed by atoms with E-state index in [4.69, 9.17) is 5.73 Å². The van der Waals surface area contributed by atoms with Gasteiger partial charge in [-0.2, -0.15) is 0 Å². The number of aromatic nitrogens is 1. The number of nitrogen functional groups attached to an aromatic ring is 1. The molecule has 1 heterocycles. The van der Waals surface area contributed by atoms with Crippen molar-refractivity contribution in [1.82, 2.24) is 4.98 Å². The SMILES string of the molecule is IC(I)I.Nc1c(Br)cncc1[N+](=O)[O-]. The third-order valence-corrected chi connectivity index (χ3v) is 1.75. The van der Waals surface area contributed by atoms with Gasteiger partial charge < -0.3 is 5.73 Å². The zero-order chi connectivity index (χ0) is 12.0. The van der Waals surface area contributed by atoms with Gasteiger partial charge in [0, 0.05) is 6.20 Å². The maximum atomic E-state index is 10.2. The fourth-order valence-electron chi connectivity index (χ4n) is 0.580. The fraction of sp³-hybridized carbons (Fsp3) is 0.167. The maximum absolute atomic E-state index is 10.2. The van der Waals surface area contributed by atoms with Crippen LogP contribution in [-0.4, -0.2) is 9.85 Å². The van der Waals surface area contributed by atoms with Gasteiger partial charge in [0.15, 0.2) is 0 Å². The highest BCUT2D eigenvalue weighted by molar-refractivity contribution is 14.3. The highest BCUT2D eigenvalue weighted by Crippen LogP contribution is 2.26.